The van der Waals surface area contributed by atoms with Gasteiger partial charge in [0.1, 0.15) is 13.3 Å². The first-order valence-corrected chi connectivity index (χ1v) is 9.31. The van der Waals surface area contributed by atoms with Gasteiger partial charge in [-0.1, -0.05) is 24.3 Å². The third kappa shape index (κ3) is 2.96. The molecule has 4 aromatic rings. The predicted molar refractivity (Wildman–Crippen MR) is 104 cm³/mol. The zero-order valence-corrected chi connectivity index (χ0v) is 15.3. The van der Waals surface area contributed by atoms with Gasteiger partial charge in [-0.05, 0) is 24.3 Å². The largest absolute Gasteiger partial charge is 0.374 e. The minimum absolute atomic E-state index is 0.105. The van der Waals surface area contributed by atoms with E-state index >= 15 is 0 Å². The number of fused-ring (bicyclic) bond motifs is 2. The first-order valence-electron chi connectivity index (χ1n) is 9.31. The minimum atomic E-state index is -0.105. The number of nitrogens with zero attached hydrogens (tertiary/aromatic N) is 4. The zero-order chi connectivity index (χ0) is 19.1. The molecule has 2 aromatic carbocycles. The Hall–Kier alpha value is -3.10. The fraction of sp³-hybridized carbons (Fsp3) is 0.300. The number of aromatic nitrogens is 2. The summed E-state index contributed by atoms with van der Waals surface area (Å²) < 4.78 is 14.1. The van der Waals surface area contributed by atoms with Crippen molar-refractivity contribution in [3.05, 3.63) is 69.2 Å². The molecule has 1 saturated heterocycles. The number of piperazine rings is 1. The summed E-state index contributed by atoms with van der Waals surface area (Å²) in [6.07, 6.45) is 0. The van der Waals surface area contributed by atoms with Gasteiger partial charge in [0.2, 0.25) is 0 Å². The molecule has 144 valence electrons. The lowest BCUT2D eigenvalue weighted by atomic mass is 10.3. The molecule has 0 atom stereocenters. The SMILES string of the molecule is O=c1c2ccccc2on1CN1CCN(Cn2oc3ccccc3c2=O)CC1. The third-order valence-electron chi connectivity index (χ3n) is 5.23. The fourth-order valence-electron chi connectivity index (χ4n) is 3.66. The quantitative estimate of drug-likeness (QED) is 0.537. The summed E-state index contributed by atoms with van der Waals surface area (Å²) in [5.74, 6) is 0. The molecular weight excluding hydrogens is 360 g/mol. The summed E-state index contributed by atoms with van der Waals surface area (Å²) in [5.41, 5.74) is 1.00. The Kier molecular flexibility index (Phi) is 4.14. The molecule has 8 nitrogen and oxygen atoms in total. The summed E-state index contributed by atoms with van der Waals surface area (Å²) >= 11 is 0. The van der Waals surface area contributed by atoms with Crippen LogP contribution in [0.2, 0.25) is 0 Å². The van der Waals surface area contributed by atoms with E-state index in [0.717, 1.165) is 26.2 Å². The maximum absolute atomic E-state index is 12.4. The summed E-state index contributed by atoms with van der Waals surface area (Å²) in [6.45, 7) is 3.95. The van der Waals surface area contributed by atoms with Crippen molar-refractivity contribution in [1.29, 1.82) is 0 Å². The van der Waals surface area contributed by atoms with Crippen molar-refractivity contribution in [2.75, 3.05) is 26.2 Å². The van der Waals surface area contributed by atoms with Crippen LogP contribution < -0.4 is 11.1 Å². The van der Waals surface area contributed by atoms with Gasteiger partial charge in [-0.2, -0.15) is 9.48 Å². The molecule has 0 amide bonds. The molecule has 8 heteroatoms. The van der Waals surface area contributed by atoms with E-state index in [1.54, 1.807) is 24.3 Å². The molecule has 0 unspecified atom stereocenters. The van der Waals surface area contributed by atoms with Crippen molar-refractivity contribution >= 4 is 21.9 Å². The maximum atomic E-state index is 12.4. The van der Waals surface area contributed by atoms with Crippen molar-refractivity contribution < 1.29 is 9.05 Å². The highest BCUT2D eigenvalue weighted by molar-refractivity contribution is 5.76. The van der Waals surface area contributed by atoms with E-state index < -0.39 is 0 Å². The van der Waals surface area contributed by atoms with Gasteiger partial charge in [-0.25, -0.2) is 0 Å². The van der Waals surface area contributed by atoms with E-state index in [4.69, 9.17) is 9.05 Å². The molecule has 1 fully saturated rings. The summed E-state index contributed by atoms with van der Waals surface area (Å²) in [7, 11) is 0. The van der Waals surface area contributed by atoms with Gasteiger partial charge in [-0.3, -0.25) is 19.4 Å². The van der Waals surface area contributed by atoms with Crippen LogP contribution in [0.15, 0.2) is 67.2 Å². The van der Waals surface area contributed by atoms with Crippen LogP contribution in [0, 0.1) is 0 Å². The lowest BCUT2D eigenvalue weighted by Crippen LogP contribution is -2.48. The second-order valence-electron chi connectivity index (χ2n) is 7.06. The summed E-state index contributed by atoms with van der Waals surface area (Å²) in [6, 6.07) is 14.5. The maximum Gasteiger partial charge on any atom is 0.291 e. The van der Waals surface area contributed by atoms with E-state index in [0.29, 0.717) is 35.3 Å². The zero-order valence-electron chi connectivity index (χ0n) is 15.3. The van der Waals surface area contributed by atoms with Crippen LogP contribution in [0.5, 0.6) is 0 Å². The Morgan fingerprint density at radius 3 is 1.43 bits per heavy atom. The van der Waals surface area contributed by atoms with Gasteiger partial charge in [-0.15, -0.1) is 0 Å². The number of benzene rings is 2. The molecule has 0 saturated carbocycles. The lowest BCUT2D eigenvalue weighted by molar-refractivity contribution is 0.0430. The molecule has 0 spiro atoms. The van der Waals surface area contributed by atoms with Gasteiger partial charge < -0.3 is 9.05 Å². The molecule has 0 N–H and O–H groups in total. The first kappa shape index (κ1) is 17.0. The molecule has 3 heterocycles. The van der Waals surface area contributed by atoms with Gasteiger partial charge in [0.25, 0.3) is 11.1 Å². The number of hydrogen-bond acceptors (Lipinski definition) is 6. The van der Waals surface area contributed by atoms with E-state index in [1.807, 2.05) is 24.3 Å². The summed E-state index contributed by atoms with van der Waals surface area (Å²) in [4.78, 5) is 29.2. The monoisotopic (exact) mass is 380 g/mol. The first-order chi connectivity index (χ1) is 13.7. The van der Waals surface area contributed by atoms with Crippen LogP contribution >= 0.6 is 0 Å². The van der Waals surface area contributed by atoms with Crippen molar-refractivity contribution in [3.63, 3.8) is 0 Å². The van der Waals surface area contributed by atoms with Gasteiger partial charge >= 0.3 is 0 Å². The molecule has 1 aliphatic heterocycles. The lowest BCUT2D eigenvalue weighted by Gasteiger charge is -2.33. The minimum Gasteiger partial charge on any atom is -0.374 e. The average molecular weight is 380 g/mol. The van der Waals surface area contributed by atoms with Gasteiger partial charge in [0.15, 0.2) is 11.2 Å². The Bertz CT molecular complexity index is 1140. The standard InChI is InChI=1S/C20H20N4O4/c25-19-15-5-1-3-7-17(15)27-23(19)13-21-9-11-22(12-10-21)14-24-20(26)16-6-2-4-8-18(16)28-24/h1-8H,9-14H2. The van der Waals surface area contributed by atoms with Gasteiger partial charge in [0, 0.05) is 26.2 Å². The second kappa shape index (κ2) is 6.81. The molecule has 0 bridgehead atoms. The Labute approximate surface area is 159 Å². The molecule has 0 radical (unpaired) electrons. The number of hydrogen-bond donors (Lipinski definition) is 0. The van der Waals surface area contributed by atoms with E-state index in [9.17, 15) is 9.59 Å². The Morgan fingerprint density at radius 2 is 1.04 bits per heavy atom. The van der Waals surface area contributed by atoms with Crippen molar-refractivity contribution in [3.8, 4) is 0 Å². The Balaban J connectivity index is 1.24. The van der Waals surface area contributed by atoms with Crippen molar-refractivity contribution in [2.24, 2.45) is 0 Å². The molecule has 0 aliphatic carbocycles. The van der Waals surface area contributed by atoms with Gasteiger partial charge in [0.05, 0.1) is 10.8 Å². The van der Waals surface area contributed by atoms with Crippen LogP contribution in [0.25, 0.3) is 21.9 Å². The van der Waals surface area contributed by atoms with Crippen LogP contribution in [0.3, 0.4) is 0 Å². The normalized spacial score (nSPS) is 16.3. The van der Waals surface area contributed by atoms with E-state index in [2.05, 4.69) is 9.80 Å². The van der Waals surface area contributed by atoms with Crippen LogP contribution in [-0.2, 0) is 13.3 Å². The second-order valence-corrected chi connectivity index (χ2v) is 7.06. The molecular formula is C20H20N4O4. The molecule has 5 rings (SSSR count). The molecule has 2 aromatic heterocycles. The predicted octanol–water partition coefficient (Wildman–Crippen LogP) is 1.74. The highest BCUT2D eigenvalue weighted by Gasteiger charge is 2.21. The summed E-state index contributed by atoms with van der Waals surface area (Å²) in [5, 5.41) is 1.20. The average Bonchev–Trinajstić information content (AvgIpc) is 3.21. The highest BCUT2D eigenvalue weighted by atomic mass is 16.5. The fourth-order valence-corrected chi connectivity index (χ4v) is 3.66. The van der Waals surface area contributed by atoms with E-state index in [1.165, 1.54) is 9.48 Å². The topological polar surface area (TPSA) is 76.8 Å². The Morgan fingerprint density at radius 1 is 0.643 bits per heavy atom. The van der Waals surface area contributed by atoms with Crippen molar-refractivity contribution in [1.82, 2.24) is 19.3 Å². The smallest absolute Gasteiger partial charge is 0.291 e. The van der Waals surface area contributed by atoms with Crippen LogP contribution in [0.4, 0.5) is 0 Å². The molecule has 28 heavy (non-hydrogen) atoms. The number of para-hydroxylation sites is 2. The third-order valence-corrected chi connectivity index (χ3v) is 5.23. The number of rotatable bonds is 4. The van der Waals surface area contributed by atoms with Crippen LogP contribution in [0.1, 0.15) is 0 Å². The van der Waals surface area contributed by atoms with Crippen LogP contribution in [-0.4, -0.2) is 45.5 Å². The van der Waals surface area contributed by atoms with E-state index in [-0.39, 0.29) is 11.1 Å². The molecule has 1 aliphatic rings. The van der Waals surface area contributed by atoms with Crippen molar-refractivity contribution in [2.45, 2.75) is 13.3 Å². The highest BCUT2D eigenvalue weighted by Crippen LogP contribution is 2.13.